The molecule has 0 unspecified atom stereocenters. The van der Waals surface area contributed by atoms with Crippen LogP contribution in [0.4, 0.5) is 5.95 Å². The molecule has 2 aliphatic rings. The zero-order chi connectivity index (χ0) is 27.5. The Kier molecular flexibility index (Phi) is 6.87. The molecule has 0 radical (unpaired) electrons. The lowest BCUT2D eigenvalue weighted by Crippen LogP contribution is -2.50. The van der Waals surface area contributed by atoms with E-state index in [1.165, 1.54) is 11.1 Å². The summed E-state index contributed by atoms with van der Waals surface area (Å²) in [5.41, 5.74) is 6.07. The molecule has 9 heteroatoms. The Balaban J connectivity index is 1.32. The van der Waals surface area contributed by atoms with Crippen molar-refractivity contribution in [2.45, 2.75) is 57.7 Å². The average Bonchev–Trinajstić information content (AvgIpc) is 3.49. The van der Waals surface area contributed by atoms with Crippen molar-refractivity contribution in [1.29, 1.82) is 0 Å². The van der Waals surface area contributed by atoms with E-state index in [1.54, 1.807) is 6.07 Å². The summed E-state index contributed by atoms with van der Waals surface area (Å²) in [6, 6.07) is 14.3. The molecule has 0 bridgehead atoms. The number of hydrogen-bond donors (Lipinski definition) is 1. The lowest BCUT2D eigenvalue weighted by atomic mass is 9.73. The number of fused-ring (bicyclic) bond motifs is 2. The van der Waals surface area contributed by atoms with E-state index in [4.69, 9.17) is 33.2 Å². The van der Waals surface area contributed by atoms with E-state index >= 15 is 0 Å². The van der Waals surface area contributed by atoms with Crippen LogP contribution in [-0.4, -0.2) is 36.8 Å². The van der Waals surface area contributed by atoms with Gasteiger partial charge in [0.15, 0.2) is 0 Å². The number of benzene rings is 2. The molecule has 1 aliphatic carbocycles. The second-order valence-electron chi connectivity index (χ2n) is 11.8. The van der Waals surface area contributed by atoms with Gasteiger partial charge in [0.05, 0.1) is 21.8 Å². The van der Waals surface area contributed by atoms with E-state index in [0.29, 0.717) is 10.0 Å². The molecule has 2 aromatic heterocycles. The largest absolute Gasteiger partial charge is 0.598 e. The molecular formula is C30H33Cl2N5OS. The van der Waals surface area contributed by atoms with Gasteiger partial charge in [-0.05, 0) is 64.2 Å². The van der Waals surface area contributed by atoms with Gasteiger partial charge >= 0.3 is 0 Å². The predicted octanol–water partition coefficient (Wildman–Crippen LogP) is 6.95. The standard InChI is InChI=1S/C30H33Cl2N5OS/c1-19-24(22-10-7-11-23(31)25(22)32)27-33-14-17-37(27)28(34-19)36-15-12-30(13-16-36)18-20-8-5-6-9-21(20)26(30)35-39(38)29(2,3)4/h5-11,14,17,26,35H,12-13,15-16,18H2,1-4H3/t26-,39+/m1/s1. The van der Waals surface area contributed by atoms with E-state index in [0.717, 1.165) is 60.8 Å². The van der Waals surface area contributed by atoms with Crippen LogP contribution < -0.4 is 9.62 Å². The first-order valence-electron chi connectivity index (χ1n) is 13.4. The number of piperidine rings is 1. The molecule has 1 N–H and O–H groups in total. The summed E-state index contributed by atoms with van der Waals surface area (Å²) in [6.45, 7) is 9.78. The van der Waals surface area contributed by atoms with Gasteiger partial charge in [-0.3, -0.25) is 4.40 Å². The molecule has 6 rings (SSSR count). The van der Waals surface area contributed by atoms with Crippen LogP contribution in [0, 0.1) is 12.3 Å². The van der Waals surface area contributed by atoms with Crippen molar-refractivity contribution in [3.63, 3.8) is 0 Å². The van der Waals surface area contributed by atoms with Crippen LogP contribution in [0.15, 0.2) is 54.9 Å². The summed E-state index contributed by atoms with van der Waals surface area (Å²) < 4.78 is 18.5. The van der Waals surface area contributed by atoms with Crippen molar-refractivity contribution < 1.29 is 4.55 Å². The van der Waals surface area contributed by atoms with Crippen molar-refractivity contribution >= 4 is 46.2 Å². The van der Waals surface area contributed by atoms with Gasteiger partial charge in [-0.1, -0.05) is 59.6 Å². The number of anilines is 1. The molecule has 1 saturated heterocycles. The molecule has 1 fully saturated rings. The highest BCUT2D eigenvalue weighted by Gasteiger charge is 2.50. The Morgan fingerprint density at radius 2 is 1.82 bits per heavy atom. The van der Waals surface area contributed by atoms with Crippen molar-refractivity contribution in [2.24, 2.45) is 5.41 Å². The third-order valence-electron chi connectivity index (χ3n) is 8.27. The summed E-state index contributed by atoms with van der Waals surface area (Å²) in [6.07, 6.45) is 6.71. The van der Waals surface area contributed by atoms with Crippen LogP contribution in [0.1, 0.15) is 56.5 Å². The monoisotopic (exact) mass is 581 g/mol. The summed E-state index contributed by atoms with van der Waals surface area (Å²) >= 11 is 11.8. The summed E-state index contributed by atoms with van der Waals surface area (Å²) in [5, 5.41) is 1.02. The zero-order valence-corrected chi connectivity index (χ0v) is 25.0. The van der Waals surface area contributed by atoms with Crippen molar-refractivity contribution in [2.75, 3.05) is 18.0 Å². The molecular weight excluding hydrogens is 549 g/mol. The molecule has 0 amide bonds. The van der Waals surface area contributed by atoms with E-state index < -0.39 is 11.4 Å². The molecule has 204 valence electrons. The first kappa shape index (κ1) is 26.9. The van der Waals surface area contributed by atoms with Gasteiger partial charge in [-0.2, -0.15) is 0 Å². The van der Waals surface area contributed by atoms with Crippen LogP contribution in [0.2, 0.25) is 10.0 Å². The van der Waals surface area contributed by atoms with E-state index in [1.807, 2.05) is 52.2 Å². The normalized spacial score (nSPS) is 19.6. The van der Waals surface area contributed by atoms with Crippen LogP contribution >= 0.6 is 23.2 Å². The molecule has 3 heterocycles. The molecule has 1 aliphatic heterocycles. The van der Waals surface area contributed by atoms with Gasteiger partial charge in [0.25, 0.3) is 0 Å². The fraction of sp³-hybridized carbons (Fsp3) is 0.400. The molecule has 0 saturated carbocycles. The molecule has 2 atom stereocenters. The van der Waals surface area contributed by atoms with Crippen molar-refractivity contribution in [3.8, 4) is 11.1 Å². The summed E-state index contributed by atoms with van der Waals surface area (Å²) in [7, 11) is 0. The van der Waals surface area contributed by atoms with Crippen LogP contribution in [0.5, 0.6) is 0 Å². The summed E-state index contributed by atoms with van der Waals surface area (Å²) in [4.78, 5) is 12.1. The fourth-order valence-corrected chi connectivity index (χ4v) is 7.52. The number of aryl methyl sites for hydroxylation is 1. The average molecular weight is 583 g/mol. The highest BCUT2D eigenvalue weighted by molar-refractivity contribution is 7.90. The molecule has 4 aromatic rings. The number of nitrogens with zero attached hydrogens (tertiary/aromatic N) is 4. The first-order valence-corrected chi connectivity index (χ1v) is 15.3. The van der Waals surface area contributed by atoms with Gasteiger partial charge in [0, 0.05) is 53.4 Å². The van der Waals surface area contributed by atoms with Gasteiger partial charge in [-0.15, -0.1) is 4.72 Å². The lowest BCUT2D eigenvalue weighted by molar-refractivity contribution is 0.175. The maximum atomic E-state index is 13.2. The zero-order valence-electron chi connectivity index (χ0n) is 22.7. The topological polar surface area (TPSA) is 68.5 Å². The Hall–Kier alpha value is -2.29. The lowest BCUT2D eigenvalue weighted by Gasteiger charge is -2.44. The molecule has 1 spiro atoms. The SMILES string of the molecule is Cc1nc(N2CCC3(CC2)Cc2ccccc2[C@H]3N[S@@+]([O-])C(C)(C)C)n2ccnc2c1-c1cccc(Cl)c1Cl. The minimum absolute atomic E-state index is 0.0123. The molecule has 39 heavy (non-hydrogen) atoms. The second-order valence-corrected chi connectivity index (χ2v) is 14.5. The second kappa shape index (κ2) is 9.96. The Labute approximate surface area is 243 Å². The first-order chi connectivity index (χ1) is 18.6. The maximum absolute atomic E-state index is 13.2. The minimum Gasteiger partial charge on any atom is -0.598 e. The molecule has 6 nitrogen and oxygen atoms in total. The van der Waals surface area contributed by atoms with Gasteiger partial charge in [-0.25, -0.2) is 9.97 Å². The van der Waals surface area contributed by atoms with Crippen LogP contribution in [-0.2, 0) is 17.8 Å². The third kappa shape index (κ3) is 4.62. The number of halogens is 2. The predicted molar refractivity (Wildman–Crippen MR) is 161 cm³/mol. The third-order valence-corrected chi connectivity index (χ3v) is 10.7. The number of aromatic nitrogens is 3. The van der Waals surface area contributed by atoms with Crippen LogP contribution in [0.3, 0.4) is 0 Å². The Bertz CT molecular complexity index is 1540. The van der Waals surface area contributed by atoms with Crippen molar-refractivity contribution in [3.05, 3.63) is 81.7 Å². The Morgan fingerprint density at radius 3 is 2.56 bits per heavy atom. The maximum Gasteiger partial charge on any atom is 0.211 e. The van der Waals surface area contributed by atoms with E-state index in [-0.39, 0.29) is 16.2 Å². The quantitative estimate of drug-likeness (QED) is 0.264. The number of nitrogens with one attached hydrogen (secondary N) is 1. The van der Waals surface area contributed by atoms with Crippen molar-refractivity contribution in [1.82, 2.24) is 19.1 Å². The van der Waals surface area contributed by atoms with E-state index in [2.05, 4.69) is 38.3 Å². The van der Waals surface area contributed by atoms with Gasteiger partial charge in [0.1, 0.15) is 10.4 Å². The molecule has 2 aromatic carbocycles. The number of imidazole rings is 1. The summed E-state index contributed by atoms with van der Waals surface area (Å²) in [5.74, 6) is 0.884. The smallest absolute Gasteiger partial charge is 0.211 e. The highest BCUT2D eigenvalue weighted by Crippen LogP contribution is 2.53. The van der Waals surface area contributed by atoms with Gasteiger partial charge in [0.2, 0.25) is 5.95 Å². The Morgan fingerprint density at radius 1 is 1.08 bits per heavy atom. The minimum atomic E-state index is -1.16. The highest BCUT2D eigenvalue weighted by atomic mass is 35.5. The number of rotatable bonds is 4. The number of hydrogen-bond acceptors (Lipinski definition) is 5. The van der Waals surface area contributed by atoms with E-state index in [9.17, 15) is 4.55 Å². The van der Waals surface area contributed by atoms with Crippen LogP contribution in [0.25, 0.3) is 16.8 Å². The fourth-order valence-electron chi connectivity index (χ4n) is 6.18. The van der Waals surface area contributed by atoms with Gasteiger partial charge < -0.3 is 9.45 Å².